The van der Waals surface area contributed by atoms with Gasteiger partial charge in [-0.2, -0.15) is 33.6 Å². The summed E-state index contributed by atoms with van der Waals surface area (Å²) in [4.78, 5) is 76.2. The van der Waals surface area contributed by atoms with Crippen LogP contribution in [0.1, 0.15) is 304 Å². The van der Waals surface area contributed by atoms with Gasteiger partial charge in [0.15, 0.2) is 34.0 Å². The Labute approximate surface area is 796 Å². The van der Waals surface area contributed by atoms with Crippen molar-refractivity contribution < 1.29 is 62.0 Å². The van der Waals surface area contributed by atoms with Crippen molar-refractivity contribution in [2.45, 2.75) is 343 Å². The van der Waals surface area contributed by atoms with Crippen LogP contribution in [0.3, 0.4) is 0 Å². The second kappa shape index (κ2) is 35.4. The molecule has 6 heterocycles. The fourth-order valence-electron chi connectivity index (χ4n) is 37.4. The van der Waals surface area contributed by atoms with Crippen LogP contribution < -0.4 is 0 Å². The van der Waals surface area contributed by atoms with Gasteiger partial charge in [0.25, 0.3) is 5.91 Å². The highest BCUT2D eigenvalue weighted by atomic mass is 35.5. The van der Waals surface area contributed by atoms with Gasteiger partial charge in [-0.3, -0.25) is 42.7 Å². The lowest BCUT2D eigenvalue weighted by Crippen LogP contribution is -2.52. The summed E-state index contributed by atoms with van der Waals surface area (Å²) in [6, 6.07) is 0.945. The third kappa shape index (κ3) is 17.3. The standard InChI is InChI=1S/C29H43N3O3.C28H37N3O3.C26H36ClN3O2.C26H37F3N2O2/c1-18-13-24(25(33)17-32-16-20(15-30-32)27(34)31-11-4-12-31)29(3)10-8-22-21-7-9-28(2,35)14-19(21)5-6-23(22)26(18)29;1-27(33)7-5-18-16(12-27)3-4-20-19(18)6-8-28(2)24(20)21-11-22(21)25(28)23(32)15-31-14-17(13-30-31)26-29-9-10-34-26;1-15-11-20(22(31)14-30-13-21(28-4)24(27)29-30)26(3)10-8-18-17-7-9-25(2,32)12-16(17)5-6-19(18)23(15)26;1-15-12-20(21(32)14-31-11-8-22(30-31)26(27,28)29)25(3)10-7-18-17-6-9-24(2,33)13-16(17)4-5-19(18)23(15)25/h15-16,18-19,21-24,26,35H,4-14,17H2,1-3H3;9-10,13-14,16,18-22,24-25,33H,3-8,11-12,15H2,1-2H3;13,15-20,23,32H,5-12,14H2,1-3H3;8,11,15-20,23,33H,4-7,9-10,12-14H2,1-3H3/t18-,19-,21+,22-,23-,24-,26+,28-,29-;16-,18+,19-,20-,21-,22+,24-,25-,27-,28+;15-,16-,17+,18-,19-,20-,23+,25-,26-;15-,16-,17+,18-,19-,20-,23+,24-,25-/m1111/s1. The van der Waals surface area contributed by atoms with Crippen molar-refractivity contribution in [1.82, 2.24) is 49.0 Å². The summed E-state index contributed by atoms with van der Waals surface area (Å²) in [6.45, 7) is 34.3. The van der Waals surface area contributed by atoms with E-state index in [-0.39, 0.29) is 87.6 Å². The molecule has 18 fully saturated rings. The van der Waals surface area contributed by atoms with E-state index in [1.54, 1.807) is 51.3 Å². The van der Waals surface area contributed by atoms with Gasteiger partial charge in [0.2, 0.25) is 11.6 Å². The Kier molecular flexibility index (Phi) is 25.1. The molecule has 37 atom stereocenters. The van der Waals surface area contributed by atoms with E-state index < -0.39 is 34.3 Å². The Morgan fingerprint density at radius 3 is 1.27 bits per heavy atom. The number of aromatic nitrogens is 9. The van der Waals surface area contributed by atoms with Crippen LogP contribution in [-0.2, 0) is 51.5 Å². The van der Waals surface area contributed by atoms with E-state index in [9.17, 15) is 57.6 Å². The number of aliphatic hydroxyl groups is 4. The van der Waals surface area contributed by atoms with Gasteiger partial charge in [-0.25, -0.2) is 9.83 Å². The first kappa shape index (κ1) is 95.2. The summed E-state index contributed by atoms with van der Waals surface area (Å²) in [5.74, 6) is 18.8. The molecular formula is C109H153ClF3N11O10. The molecule has 732 valence electrons. The maximum absolute atomic E-state index is 13.7. The van der Waals surface area contributed by atoms with Crippen LogP contribution in [0.5, 0.6) is 0 Å². The van der Waals surface area contributed by atoms with Gasteiger partial charge >= 0.3 is 6.18 Å². The van der Waals surface area contributed by atoms with E-state index in [1.807, 2.05) is 38.8 Å². The van der Waals surface area contributed by atoms with Gasteiger partial charge in [-0.05, 0) is 415 Å². The number of likely N-dealkylation sites (tertiary alicyclic amines) is 1. The summed E-state index contributed by atoms with van der Waals surface area (Å²) < 4.78 is 50.3. The molecule has 4 N–H and O–H groups in total. The van der Waals surface area contributed by atoms with Gasteiger partial charge in [-0.1, -0.05) is 60.1 Å². The largest absolute Gasteiger partial charge is 0.444 e. The SMILES string of the molecule is C[C@@H]1C[C@H](C(=O)Cn2cc(C(=O)N3CCC3)cn2)[C@@]2(C)CC[C@H]3[C@@H](CC[C@@H]4C[C@](C)(O)CC[C@@H]43)[C@H]12.C[C@@H]1C[C@H](C(=O)Cn2ccc(C(F)(F)F)n2)[C@@]2(C)CC[C@H]3[C@@H](CC[C@@H]4C[C@](C)(O)CC[C@@H]43)[C@H]12.C[C@@]1(O)CC[C@H]2[C@H](CC[C@@H]3[C@@H]2CC[C@@]2(C)[C@H]3[C@@H]3C[C@@H]3[C@@H]2C(=O)Cn2cc(-c3ncco3)cn2)C1.[C-]#[N+]c1cn(CC(=O)[C@H]2C[C@@H](C)[C@H]3[C@@H]4CC[C@@H]5C[C@](C)(O)CC[C@@H]5[C@H]4CC[C@@]32C)nc1Cl. The summed E-state index contributed by atoms with van der Waals surface area (Å²) in [7, 11) is 0. The lowest BCUT2D eigenvalue weighted by Gasteiger charge is -2.57. The number of Topliss-reactive ketones (excluding diaryl/α,β-unsaturated/α-hetero) is 4. The van der Waals surface area contributed by atoms with Crippen molar-refractivity contribution in [3.05, 3.63) is 83.5 Å². The van der Waals surface area contributed by atoms with Crippen molar-refractivity contribution in [2.24, 2.45) is 193 Å². The second-order valence-electron chi connectivity index (χ2n) is 50.6. The Bertz CT molecular complexity index is 5210. The van der Waals surface area contributed by atoms with Gasteiger partial charge < -0.3 is 29.7 Å². The molecule has 0 unspecified atom stereocenters. The number of halogens is 4. The van der Waals surface area contributed by atoms with Crippen molar-refractivity contribution in [2.75, 3.05) is 13.1 Å². The summed E-state index contributed by atoms with van der Waals surface area (Å²) >= 11 is 6.03. The van der Waals surface area contributed by atoms with Crippen LogP contribution in [0, 0.1) is 200 Å². The Morgan fingerprint density at radius 2 is 0.866 bits per heavy atom. The maximum atomic E-state index is 13.7. The fraction of sp³-hybridized carbons (Fsp3) is 0.807. The molecule has 1 aliphatic heterocycles. The predicted molar refractivity (Wildman–Crippen MR) is 502 cm³/mol. The minimum atomic E-state index is -4.49. The summed E-state index contributed by atoms with van der Waals surface area (Å²) in [5, 5.41) is 59.4. The molecular weight excluding hydrogens is 1720 g/mol. The number of alkyl halides is 3. The number of rotatable bonds is 14. The molecule has 25 heteroatoms. The minimum Gasteiger partial charge on any atom is -0.444 e. The summed E-state index contributed by atoms with van der Waals surface area (Å²) in [6.07, 6.45) is 45.3. The summed E-state index contributed by atoms with van der Waals surface area (Å²) in [5.41, 5.74) is -0.919. The van der Waals surface area contributed by atoms with Gasteiger partial charge in [0.05, 0.1) is 84.9 Å². The van der Waals surface area contributed by atoms with Crippen LogP contribution in [-0.4, -0.2) is 134 Å². The molecule has 0 radical (unpaired) electrons. The molecule has 17 aliphatic carbocycles. The van der Waals surface area contributed by atoms with Crippen LogP contribution in [0.15, 0.2) is 60.1 Å². The number of hydrogen-bond donors (Lipinski definition) is 4. The third-order valence-corrected chi connectivity index (χ3v) is 42.8. The lowest BCUT2D eigenvalue weighted by atomic mass is 9.48. The fourth-order valence-corrected chi connectivity index (χ4v) is 37.6. The normalized spacial score (nSPS) is 45.5. The average Bonchev–Trinajstić information content (AvgIpc) is 1.51. The molecule has 18 aliphatic rings. The minimum absolute atomic E-state index is 0.0320. The Balaban J connectivity index is 0.000000111. The predicted octanol–water partition coefficient (Wildman–Crippen LogP) is 21.2. The van der Waals surface area contributed by atoms with Crippen molar-refractivity contribution >= 4 is 46.3 Å². The van der Waals surface area contributed by atoms with E-state index in [0.29, 0.717) is 124 Å². The van der Waals surface area contributed by atoms with Crippen LogP contribution >= 0.6 is 11.6 Å². The zero-order valence-electron chi connectivity index (χ0n) is 81.7. The quantitative estimate of drug-likeness (QED) is 0.0753. The highest BCUT2D eigenvalue weighted by Crippen LogP contribution is 2.76. The molecule has 0 spiro atoms. The number of nitrogens with zero attached hydrogens (tertiary/aromatic N) is 11. The van der Waals surface area contributed by atoms with E-state index in [0.717, 1.165) is 198 Å². The first-order chi connectivity index (χ1) is 63.5. The van der Waals surface area contributed by atoms with Crippen LogP contribution in [0.4, 0.5) is 18.9 Å². The Morgan fingerprint density at radius 1 is 0.463 bits per heavy atom. The molecule has 0 aromatic carbocycles. The van der Waals surface area contributed by atoms with Gasteiger partial charge in [0, 0.05) is 61.5 Å². The number of ketones is 4. The number of carbonyl (C=O) groups excluding carboxylic acids is 5. The van der Waals surface area contributed by atoms with Crippen molar-refractivity contribution in [3.63, 3.8) is 0 Å². The number of hydrogen-bond acceptors (Lipinski definition) is 15. The molecule has 5 aromatic heterocycles. The molecule has 21 nitrogen and oxygen atoms in total. The van der Waals surface area contributed by atoms with Crippen LogP contribution in [0.25, 0.3) is 16.3 Å². The van der Waals surface area contributed by atoms with E-state index in [4.69, 9.17) is 22.6 Å². The van der Waals surface area contributed by atoms with Gasteiger partial charge in [-0.15, -0.1) is 0 Å². The number of fused-ring (bicyclic) bond motifs is 22. The topological polar surface area (TPSA) is 271 Å². The van der Waals surface area contributed by atoms with Crippen LogP contribution in [0.2, 0.25) is 5.15 Å². The zero-order chi connectivity index (χ0) is 94.4. The maximum Gasteiger partial charge on any atom is 0.435 e. The smallest absolute Gasteiger partial charge is 0.435 e. The molecule has 5 aromatic rings. The highest BCUT2D eigenvalue weighted by Gasteiger charge is 2.72. The van der Waals surface area contributed by atoms with E-state index in [2.05, 4.69) is 78.7 Å². The third-order valence-electron chi connectivity index (χ3n) is 42.5. The number of carbonyl (C=O) groups is 5. The molecule has 23 rings (SSSR count). The zero-order valence-corrected chi connectivity index (χ0v) is 82.4. The molecule has 0 bridgehead atoms. The first-order valence-corrected chi connectivity index (χ1v) is 53.4. The number of amides is 1. The Hall–Kier alpha value is -6.39. The molecule has 1 amide bonds. The lowest BCUT2D eigenvalue weighted by molar-refractivity contribution is -0.142. The van der Waals surface area contributed by atoms with Gasteiger partial charge in [0.1, 0.15) is 6.26 Å². The van der Waals surface area contributed by atoms with Crippen molar-refractivity contribution in [1.29, 1.82) is 0 Å². The number of oxazole rings is 1. The van der Waals surface area contributed by atoms with E-state index >= 15 is 0 Å². The monoisotopic (exact) mass is 1870 g/mol. The molecule has 17 saturated carbocycles. The first-order valence-electron chi connectivity index (χ1n) is 53.0. The van der Waals surface area contributed by atoms with E-state index in [1.165, 1.54) is 109 Å². The highest BCUT2D eigenvalue weighted by molar-refractivity contribution is 6.32. The van der Waals surface area contributed by atoms with Crippen molar-refractivity contribution in [3.8, 4) is 11.5 Å². The molecule has 1 saturated heterocycles. The second-order valence-corrected chi connectivity index (χ2v) is 51.0. The average molecular weight is 1870 g/mol. The molecule has 134 heavy (non-hydrogen) atoms.